The summed E-state index contributed by atoms with van der Waals surface area (Å²) in [6, 6.07) is 0. The van der Waals surface area contributed by atoms with Gasteiger partial charge in [-0.1, -0.05) is 91.6 Å². The molecule has 0 amide bonds. The molecule has 0 bridgehead atoms. The molecule has 0 aromatic rings. The highest BCUT2D eigenvalue weighted by atomic mass is 16.5. The quantitative estimate of drug-likeness (QED) is 0.199. The van der Waals surface area contributed by atoms with Gasteiger partial charge in [0.05, 0.1) is 6.61 Å². The molecule has 0 unspecified atom stereocenters. The lowest BCUT2D eigenvalue weighted by Gasteiger charge is -2.17. The Balaban J connectivity index is 3.14. The van der Waals surface area contributed by atoms with Gasteiger partial charge in [0.15, 0.2) is 0 Å². The van der Waals surface area contributed by atoms with E-state index in [1.54, 1.807) is 6.92 Å². The van der Waals surface area contributed by atoms with Gasteiger partial charge < -0.3 is 4.74 Å². The summed E-state index contributed by atoms with van der Waals surface area (Å²) in [6.45, 7) is 12.8. The van der Waals surface area contributed by atoms with Crippen LogP contribution in [0.3, 0.4) is 0 Å². The fraction of sp³-hybridized carbons (Fsp3) is 0.857. The summed E-state index contributed by atoms with van der Waals surface area (Å²) >= 11 is 0. The summed E-state index contributed by atoms with van der Waals surface area (Å²) in [6.07, 6.45) is 15.8. The molecule has 0 N–H and O–H groups in total. The third-order valence-corrected chi connectivity index (χ3v) is 4.15. The Hall–Kier alpha value is -0.790. The predicted molar refractivity (Wildman–Crippen MR) is 101 cm³/mol. The standard InChI is InChI=1S/C21H40O2/c1-19(2)20(22)23-18-16-14-12-10-8-6-7-9-11-13-15-17-21(3,4)5/h1,6-18H2,2-5H3. The zero-order valence-electron chi connectivity index (χ0n) is 16.2. The fourth-order valence-corrected chi connectivity index (χ4v) is 2.64. The highest BCUT2D eigenvalue weighted by molar-refractivity contribution is 5.86. The zero-order valence-corrected chi connectivity index (χ0v) is 16.2. The van der Waals surface area contributed by atoms with Crippen molar-refractivity contribution in [3.63, 3.8) is 0 Å². The molecule has 0 aromatic carbocycles. The molecule has 0 aliphatic heterocycles. The van der Waals surface area contributed by atoms with Gasteiger partial charge in [-0.3, -0.25) is 0 Å². The minimum absolute atomic E-state index is 0.257. The number of rotatable bonds is 14. The van der Waals surface area contributed by atoms with Crippen molar-refractivity contribution in [2.24, 2.45) is 5.41 Å². The Kier molecular flexibility index (Phi) is 13.2. The summed E-state index contributed by atoms with van der Waals surface area (Å²) < 4.78 is 5.08. The Morgan fingerprint density at radius 2 is 1.17 bits per heavy atom. The normalized spacial score (nSPS) is 11.5. The average Bonchev–Trinajstić information content (AvgIpc) is 2.46. The molecule has 23 heavy (non-hydrogen) atoms. The van der Waals surface area contributed by atoms with E-state index in [4.69, 9.17) is 4.74 Å². The van der Waals surface area contributed by atoms with Crippen LogP contribution in [0.1, 0.15) is 105 Å². The van der Waals surface area contributed by atoms with Crippen LogP contribution in [-0.4, -0.2) is 12.6 Å². The van der Waals surface area contributed by atoms with Crippen molar-refractivity contribution in [1.82, 2.24) is 0 Å². The van der Waals surface area contributed by atoms with Crippen LogP contribution < -0.4 is 0 Å². The summed E-state index contributed by atoms with van der Waals surface area (Å²) in [5.41, 5.74) is 0.992. The second-order valence-electron chi connectivity index (χ2n) is 8.12. The summed E-state index contributed by atoms with van der Waals surface area (Å²) in [4.78, 5) is 11.2. The molecule has 0 fully saturated rings. The van der Waals surface area contributed by atoms with E-state index in [-0.39, 0.29) is 5.97 Å². The number of ether oxygens (including phenoxy) is 1. The van der Waals surface area contributed by atoms with Gasteiger partial charge >= 0.3 is 5.97 Å². The molecular formula is C21H40O2. The van der Waals surface area contributed by atoms with Crippen LogP contribution in [0.2, 0.25) is 0 Å². The number of carbonyl (C=O) groups is 1. The number of hydrogen-bond acceptors (Lipinski definition) is 2. The Bertz CT molecular complexity index is 312. The van der Waals surface area contributed by atoms with Crippen molar-refractivity contribution in [2.45, 2.75) is 105 Å². The molecule has 0 radical (unpaired) electrons. The van der Waals surface area contributed by atoms with E-state index in [2.05, 4.69) is 27.4 Å². The first-order chi connectivity index (χ1) is 10.8. The van der Waals surface area contributed by atoms with E-state index in [1.807, 2.05) is 0 Å². The SMILES string of the molecule is C=C(C)C(=O)OCCCCCCCCCCCCCC(C)(C)C. The molecule has 2 heteroatoms. The van der Waals surface area contributed by atoms with Gasteiger partial charge in [-0.15, -0.1) is 0 Å². The van der Waals surface area contributed by atoms with E-state index in [0.717, 1.165) is 12.8 Å². The van der Waals surface area contributed by atoms with Crippen molar-refractivity contribution in [1.29, 1.82) is 0 Å². The van der Waals surface area contributed by atoms with E-state index < -0.39 is 0 Å². The van der Waals surface area contributed by atoms with Crippen molar-refractivity contribution >= 4 is 5.97 Å². The maximum atomic E-state index is 11.2. The van der Waals surface area contributed by atoms with E-state index in [0.29, 0.717) is 17.6 Å². The van der Waals surface area contributed by atoms with Crippen LogP contribution in [0.5, 0.6) is 0 Å². The molecule has 2 nitrogen and oxygen atoms in total. The van der Waals surface area contributed by atoms with Crippen LogP contribution in [0.25, 0.3) is 0 Å². The third-order valence-electron chi connectivity index (χ3n) is 4.15. The largest absolute Gasteiger partial charge is 0.462 e. The van der Waals surface area contributed by atoms with Gasteiger partial charge in [0.25, 0.3) is 0 Å². The Morgan fingerprint density at radius 1 is 0.783 bits per heavy atom. The molecule has 136 valence electrons. The predicted octanol–water partition coefficient (Wildman–Crippen LogP) is 6.83. The van der Waals surface area contributed by atoms with Crippen molar-refractivity contribution in [3.05, 3.63) is 12.2 Å². The molecule has 0 spiro atoms. The number of carbonyl (C=O) groups excluding carboxylic acids is 1. The molecule has 0 heterocycles. The summed E-state index contributed by atoms with van der Waals surface area (Å²) in [7, 11) is 0. The molecule has 0 aliphatic carbocycles. The smallest absolute Gasteiger partial charge is 0.333 e. The van der Waals surface area contributed by atoms with Gasteiger partial charge in [-0.25, -0.2) is 4.79 Å². The minimum Gasteiger partial charge on any atom is -0.462 e. The van der Waals surface area contributed by atoms with E-state index in [1.165, 1.54) is 64.2 Å². The number of hydrogen-bond donors (Lipinski definition) is 0. The first kappa shape index (κ1) is 22.2. The van der Waals surface area contributed by atoms with Crippen molar-refractivity contribution in [3.8, 4) is 0 Å². The number of unbranched alkanes of at least 4 members (excludes halogenated alkanes) is 10. The van der Waals surface area contributed by atoms with Gasteiger partial charge in [0, 0.05) is 5.57 Å². The maximum absolute atomic E-state index is 11.2. The zero-order chi connectivity index (χ0) is 17.6. The van der Waals surface area contributed by atoms with Crippen LogP contribution in [0, 0.1) is 5.41 Å². The lowest BCUT2D eigenvalue weighted by molar-refractivity contribution is -0.139. The first-order valence-corrected chi connectivity index (χ1v) is 9.65. The summed E-state index contributed by atoms with van der Waals surface area (Å²) in [5, 5.41) is 0. The Labute approximate surface area is 145 Å². The lowest BCUT2D eigenvalue weighted by Crippen LogP contribution is -2.05. The van der Waals surface area contributed by atoms with Crippen LogP contribution in [0.4, 0.5) is 0 Å². The fourth-order valence-electron chi connectivity index (χ4n) is 2.64. The molecule has 0 saturated carbocycles. The van der Waals surface area contributed by atoms with Crippen molar-refractivity contribution < 1.29 is 9.53 Å². The number of esters is 1. The minimum atomic E-state index is -0.257. The molecule has 0 rings (SSSR count). The summed E-state index contributed by atoms with van der Waals surface area (Å²) in [5.74, 6) is -0.257. The maximum Gasteiger partial charge on any atom is 0.333 e. The first-order valence-electron chi connectivity index (χ1n) is 9.65. The lowest BCUT2D eigenvalue weighted by atomic mass is 9.89. The monoisotopic (exact) mass is 324 g/mol. The van der Waals surface area contributed by atoms with Crippen LogP contribution >= 0.6 is 0 Å². The average molecular weight is 325 g/mol. The van der Waals surface area contributed by atoms with Gasteiger partial charge in [-0.05, 0) is 25.2 Å². The molecular weight excluding hydrogens is 284 g/mol. The van der Waals surface area contributed by atoms with Gasteiger partial charge in [0.2, 0.25) is 0 Å². The molecule has 0 atom stereocenters. The molecule has 0 saturated heterocycles. The van der Waals surface area contributed by atoms with Crippen LogP contribution in [-0.2, 0) is 9.53 Å². The van der Waals surface area contributed by atoms with Gasteiger partial charge in [-0.2, -0.15) is 0 Å². The Morgan fingerprint density at radius 3 is 1.57 bits per heavy atom. The van der Waals surface area contributed by atoms with Crippen LogP contribution in [0.15, 0.2) is 12.2 Å². The van der Waals surface area contributed by atoms with E-state index >= 15 is 0 Å². The molecule has 0 aromatic heterocycles. The topological polar surface area (TPSA) is 26.3 Å². The third kappa shape index (κ3) is 17.4. The van der Waals surface area contributed by atoms with Gasteiger partial charge in [0.1, 0.15) is 0 Å². The molecule has 0 aliphatic rings. The second kappa shape index (κ2) is 13.6. The highest BCUT2D eigenvalue weighted by Crippen LogP contribution is 2.22. The van der Waals surface area contributed by atoms with Crippen molar-refractivity contribution in [2.75, 3.05) is 6.61 Å². The van der Waals surface area contributed by atoms with E-state index in [9.17, 15) is 4.79 Å². The second-order valence-corrected chi connectivity index (χ2v) is 8.12. The highest BCUT2D eigenvalue weighted by Gasteiger charge is 2.08.